The van der Waals surface area contributed by atoms with Crippen LogP contribution in [0.4, 0.5) is 0 Å². The Bertz CT molecular complexity index is 459. The highest BCUT2D eigenvalue weighted by molar-refractivity contribution is 5.16. The van der Waals surface area contributed by atoms with Crippen LogP contribution in [-0.2, 0) is 13.0 Å². The van der Waals surface area contributed by atoms with E-state index >= 15 is 0 Å². The van der Waals surface area contributed by atoms with Crippen molar-refractivity contribution in [3.05, 3.63) is 41.9 Å². The fraction of sp³-hybridized carbons (Fsp3) is 0.417. The first kappa shape index (κ1) is 11.0. The molecule has 0 spiro atoms. The first-order chi connectivity index (χ1) is 7.76. The molecule has 0 saturated carbocycles. The Morgan fingerprint density at radius 3 is 2.88 bits per heavy atom. The number of hydrogen-bond acceptors (Lipinski definition) is 3. The molecule has 0 fully saturated rings. The summed E-state index contributed by atoms with van der Waals surface area (Å²) in [6, 6.07) is 3.69. The van der Waals surface area contributed by atoms with Crippen molar-refractivity contribution >= 4 is 0 Å². The summed E-state index contributed by atoms with van der Waals surface area (Å²) in [4.78, 5) is 4.15. The third-order valence-electron chi connectivity index (χ3n) is 2.63. The normalized spacial score (nSPS) is 12.9. The molecule has 86 valence electrons. The average molecular weight is 220 g/mol. The lowest BCUT2D eigenvalue weighted by Crippen LogP contribution is -2.08. The van der Waals surface area contributed by atoms with Crippen molar-refractivity contribution in [3.8, 4) is 0 Å². The zero-order valence-electron chi connectivity index (χ0n) is 9.55. The van der Waals surface area contributed by atoms with Crippen molar-refractivity contribution in [2.45, 2.75) is 32.9 Å². The van der Waals surface area contributed by atoms with Crippen molar-refractivity contribution in [2.75, 3.05) is 0 Å². The van der Waals surface area contributed by atoms with Gasteiger partial charge in [-0.3, -0.25) is 0 Å². The van der Waals surface area contributed by atoms with Crippen molar-refractivity contribution in [2.24, 2.45) is 0 Å². The van der Waals surface area contributed by atoms with E-state index in [1.165, 1.54) is 0 Å². The van der Waals surface area contributed by atoms with Gasteiger partial charge in [-0.25, -0.2) is 4.98 Å². The monoisotopic (exact) mass is 220 g/mol. The van der Waals surface area contributed by atoms with E-state index in [2.05, 4.69) is 4.98 Å². The maximum Gasteiger partial charge on any atom is 0.169 e. The van der Waals surface area contributed by atoms with Crippen molar-refractivity contribution in [1.82, 2.24) is 9.55 Å². The van der Waals surface area contributed by atoms with Crippen LogP contribution in [-0.4, -0.2) is 14.7 Å². The number of nitrogens with zero attached hydrogens (tertiary/aromatic N) is 2. The zero-order valence-corrected chi connectivity index (χ0v) is 9.55. The molecule has 1 atom stereocenters. The summed E-state index contributed by atoms with van der Waals surface area (Å²) in [5, 5.41) is 10.1. The molecule has 0 bridgehead atoms. The second kappa shape index (κ2) is 4.53. The smallest absolute Gasteiger partial charge is 0.169 e. The van der Waals surface area contributed by atoms with Crippen LogP contribution < -0.4 is 0 Å². The molecule has 0 saturated heterocycles. The molecule has 0 radical (unpaired) electrons. The van der Waals surface area contributed by atoms with E-state index in [0.717, 1.165) is 18.7 Å². The molecule has 4 nitrogen and oxygen atoms in total. The predicted molar refractivity (Wildman–Crippen MR) is 60.0 cm³/mol. The van der Waals surface area contributed by atoms with Gasteiger partial charge < -0.3 is 14.1 Å². The predicted octanol–water partition coefficient (Wildman–Crippen LogP) is 2.14. The van der Waals surface area contributed by atoms with E-state index in [0.29, 0.717) is 11.6 Å². The molecule has 0 aliphatic rings. The highest BCUT2D eigenvalue weighted by Gasteiger charge is 2.18. The van der Waals surface area contributed by atoms with Gasteiger partial charge in [-0.05, 0) is 19.1 Å². The highest BCUT2D eigenvalue weighted by Crippen LogP contribution is 2.22. The highest BCUT2D eigenvalue weighted by atomic mass is 16.4. The molecule has 1 N–H and O–H groups in total. The van der Waals surface area contributed by atoms with Crippen LogP contribution in [0, 0.1) is 0 Å². The van der Waals surface area contributed by atoms with Crippen molar-refractivity contribution in [3.63, 3.8) is 0 Å². The molecule has 0 aromatic carbocycles. The first-order valence-corrected chi connectivity index (χ1v) is 5.54. The maximum atomic E-state index is 10.1. The summed E-state index contributed by atoms with van der Waals surface area (Å²) in [6.07, 6.45) is 3.58. The van der Waals surface area contributed by atoms with Crippen LogP contribution in [0.25, 0.3) is 0 Å². The maximum absolute atomic E-state index is 10.1. The molecule has 0 aliphatic carbocycles. The SMILES string of the molecule is CCc1ccc(C(O)c2nccn2CC)o1. The van der Waals surface area contributed by atoms with Crippen LogP contribution in [0.2, 0.25) is 0 Å². The quantitative estimate of drug-likeness (QED) is 0.858. The van der Waals surface area contributed by atoms with Crippen LogP contribution in [0.1, 0.15) is 37.3 Å². The third-order valence-corrected chi connectivity index (χ3v) is 2.63. The van der Waals surface area contributed by atoms with Gasteiger partial charge in [-0.2, -0.15) is 0 Å². The summed E-state index contributed by atoms with van der Waals surface area (Å²) >= 11 is 0. The van der Waals surface area contributed by atoms with Crippen molar-refractivity contribution < 1.29 is 9.52 Å². The second-order valence-electron chi connectivity index (χ2n) is 3.63. The number of aryl methyl sites for hydroxylation is 2. The minimum absolute atomic E-state index is 0.553. The Hall–Kier alpha value is -1.55. The Balaban J connectivity index is 2.27. The minimum atomic E-state index is -0.782. The molecule has 2 aromatic heterocycles. The summed E-state index contributed by atoms with van der Waals surface area (Å²) in [7, 11) is 0. The van der Waals surface area contributed by atoms with Crippen LogP contribution in [0.3, 0.4) is 0 Å². The number of furan rings is 1. The summed E-state index contributed by atoms with van der Waals surface area (Å²) < 4.78 is 7.42. The minimum Gasteiger partial charge on any atom is -0.463 e. The Morgan fingerprint density at radius 1 is 1.44 bits per heavy atom. The topological polar surface area (TPSA) is 51.2 Å². The fourth-order valence-electron chi connectivity index (χ4n) is 1.69. The van der Waals surface area contributed by atoms with E-state index in [9.17, 15) is 5.11 Å². The number of aromatic nitrogens is 2. The van der Waals surface area contributed by atoms with E-state index in [4.69, 9.17) is 4.42 Å². The van der Waals surface area contributed by atoms with Crippen LogP contribution in [0.15, 0.2) is 28.9 Å². The summed E-state index contributed by atoms with van der Waals surface area (Å²) in [6.45, 7) is 4.81. The van der Waals surface area contributed by atoms with Gasteiger partial charge >= 0.3 is 0 Å². The van der Waals surface area contributed by atoms with Gasteiger partial charge in [-0.15, -0.1) is 0 Å². The number of aliphatic hydroxyl groups excluding tert-OH is 1. The molecule has 4 heteroatoms. The molecule has 2 rings (SSSR count). The van der Waals surface area contributed by atoms with E-state index in [1.54, 1.807) is 12.3 Å². The fourth-order valence-corrected chi connectivity index (χ4v) is 1.69. The molecule has 2 aromatic rings. The largest absolute Gasteiger partial charge is 0.463 e. The average Bonchev–Trinajstić information content (AvgIpc) is 2.96. The summed E-state index contributed by atoms with van der Waals surface area (Å²) in [5.74, 6) is 2.06. The lowest BCUT2D eigenvalue weighted by Gasteiger charge is -2.09. The zero-order chi connectivity index (χ0) is 11.5. The molecule has 1 unspecified atom stereocenters. The molecule has 2 heterocycles. The van der Waals surface area contributed by atoms with Crippen molar-refractivity contribution in [1.29, 1.82) is 0 Å². The number of aliphatic hydroxyl groups is 1. The van der Waals surface area contributed by atoms with Gasteiger partial charge in [0.15, 0.2) is 6.10 Å². The van der Waals surface area contributed by atoms with E-state index in [-0.39, 0.29) is 0 Å². The third kappa shape index (κ3) is 1.88. The van der Waals surface area contributed by atoms with Gasteiger partial charge in [0, 0.05) is 25.4 Å². The number of rotatable bonds is 4. The van der Waals surface area contributed by atoms with E-state index < -0.39 is 6.10 Å². The standard InChI is InChI=1S/C12H16N2O2/c1-3-9-5-6-10(16-9)11(15)12-13-7-8-14(12)4-2/h5-8,11,15H,3-4H2,1-2H3. The molecular weight excluding hydrogens is 204 g/mol. The molecule has 0 amide bonds. The van der Waals surface area contributed by atoms with Crippen LogP contribution >= 0.6 is 0 Å². The molecule has 0 aliphatic heterocycles. The van der Waals surface area contributed by atoms with Gasteiger partial charge in [0.2, 0.25) is 0 Å². The first-order valence-electron chi connectivity index (χ1n) is 5.54. The lowest BCUT2D eigenvalue weighted by molar-refractivity contribution is 0.173. The second-order valence-corrected chi connectivity index (χ2v) is 3.63. The molecular formula is C12H16N2O2. The summed E-state index contributed by atoms with van der Waals surface area (Å²) in [5.41, 5.74) is 0. The van der Waals surface area contributed by atoms with Gasteiger partial charge in [0.05, 0.1) is 0 Å². The van der Waals surface area contributed by atoms with Gasteiger partial charge in [0.25, 0.3) is 0 Å². The lowest BCUT2D eigenvalue weighted by atomic mass is 10.2. The van der Waals surface area contributed by atoms with Gasteiger partial charge in [-0.1, -0.05) is 6.92 Å². The number of hydrogen-bond donors (Lipinski definition) is 1. The Kier molecular flexibility index (Phi) is 3.10. The molecule has 16 heavy (non-hydrogen) atoms. The van der Waals surface area contributed by atoms with Gasteiger partial charge in [0.1, 0.15) is 17.3 Å². The van der Waals surface area contributed by atoms with Crippen LogP contribution in [0.5, 0.6) is 0 Å². The van der Waals surface area contributed by atoms with E-state index in [1.807, 2.05) is 30.7 Å². The number of imidazole rings is 1. The Morgan fingerprint density at radius 2 is 2.25 bits per heavy atom. The Labute approximate surface area is 94.5 Å².